The first kappa shape index (κ1) is 15.8. The molecular weight excluding hydrogens is 212 g/mol. The van der Waals surface area contributed by atoms with E-state index in [1.165, 1.54) is 0 Å². The summed E-state index contributed by atoms with van der Waals surface area (Å²) >= 11 is 0. The van der Waals surface area contributed by atoms with Gasteiger partial charge < -0.3 is 9.11 Å². The molecule has 7 heavy (non-hydrogen) atoms. The summed E-state index contributed by atoms with van der Waals surface area (Å²) in [6.07, 6.45) is 0. The van der Waals surface area contributed by atoms with Crippen LogP contribution < -0.4 is 0 Å². The van der Waals surface area contributed by atoms with Crippen LogP contribution in [0.4, 0.5) is 0 Å². The second-order valence-corrected chi connectivity index (χ2v) is 1.22. The van der Waals surface area contributed by atoms with Crippen molar-refractivity contribution in [3.05, 3.63) is 0 Å². The van der Waals surface area contributed by atoms with Crippen molar-refractivity contribution in [3.8, 4) is 0 Å². The molecule has 0 N–H and O–H groups in total. The first-order valence-electron chi connectivity index (χ1n) is 0.667. The van der Waals surface area contributed by atoms with Gasteiger partial charge in [-0.25, -0.2) is 0 Å². The normalized spacial score (nSPS) is 8.29. The Labute approximate surface area is 76.5 Å². The van der Waals surface area contributed by atoms with E-state index in [9.17, 15) is 0 Å². The topological polar surface area (TPSA) is 80.3 Å². The molecule has 0 aliphatic heterocycles. The van der Waals surface area contributed by atoms with Crippen LogP contribution in [0.15, 0.2) is 0 Å². The molecule has 0 amide bonds. The molecule has 36 valence electrons. The third-order valence-electron chi connectivity index (χ3n) is 0. The van der Waals surface area contributed by atoms with Gasteiger partial charge in [0.25, 0.3) is 0 Å². The van der Waals surface area contributed by atoms with Crippen LogP contribution in [0, 0.1) is 0 Å². The summed E-state index contributed by atoms with van der Waals surface area (Å²) in [6, 6.07) is 0. The van der Waals surface area contributed by atoms with E-state index in [4.69, 9.17) is 17.5 Å². The van der Waals surface area contributed by atoms with Crippen molar-refractivity contribution in [3.63, 3.8) is 0 Å². The van der Waals surface area contributed by atoms with E-state index in [0.717, 1.165) is 0 Å². The molecular formula is MgO4SZr. The minimum Gasteiger partial charge on any atom is -0.759 e. The van der Waals surface area contributed by atoms with Crippen molar-refractivity contribution < 1.29 is 43.7 Å². The van der Waals surface area contributed by atoms with Gasteiger partial charge in [-0.05, 0) is 0 Å². The number of hydrogen-bond acceptors (Lipinski definition) is 4. The maximum absolute atomic E-state index is 8.52. The maximum atomic E-state index is 8.52. The van der Waals surface area contributed by atoms with Gasteiger partial charge in [0, 0.05) is 36.6 Å². The summed E-state index contributed by atoms with van der Waals surface area (Å²) in [5.74, 6) is 0. The Hall–Kier alpha value is 1.52. The van der Waals surface area contributed by atoms with E-state index in [0.29, 0.717) is 0 Å². The van der Waals surface area contributed by atoms with E-state index in [1.54, 1.807) is 0 Å². The molecule has 0 aliphatic rings. The summed E-state index contributed by atoms with van der Waals surface area (Å²) in [5.41, 5.74) is 0. The van der Waals surface area contributed by atoms with E-state index in [1.807, 2.05) is 0 Å². The predicted molar refractivity (Wildman–Crippen MR) is 16.2 cm³/mol. The molecule has 0 spiro atoms. The van der Waals surface area contributed by atoms with E-state index in [2.05, 4.69) is 0 Å². The van der Waals surface area contributed by atoms with Crippen LogP contribution in [0.3, 0.4) is 0 Å². The number of rotatable bonds is 0. The monoisotopic (exact) mass is 210 g/mol. The molecule has 7 heteroatoms. The van der Waals surface area contributed by atoms with Gasteiger partial charge in [0.05, 0.1) is 0 Å². The minimum absolute atomic E-state index is 0. The zero-order chi connectivity index (χ0) is 4.50. The fourth-order valence-corrected chi connectivity index (χ4v) is 0. The van der Waals surface area contributed by atoms with Crippen molar-refractivity contribution in [2.75, 3.05) is 0 Å². The van der Waals surface area contributed by atoms with Gasteiger partial charge in [-0.1, -0.05) is 0 Å². The van der Waals surface area contributed by atoms with E-state index in [-0.39, 0.29) is 49.3 Å². The Bertz CT molecular complexity index is 94.9. The largest absolute Gasteiger partial charge is 2.00 e. The van der Waals surface area contributed by atoms with Gasteiger partial charge in [-0.3, -0.25) is 8.42 Å². The van der Waals surface area contributed by atoms with Crippen LogP contribution in [0.25, 0.3) is 0 Å². The smallest absolute Gasteiger partial charge is 0.759 e. The Morgan fingerprint density at radius 3 is 1.14 bits per heavy atom. The third kappa shape index (κ3) is 99.2. The average Bonchev–Trinajstić information content (AvgIpc) is 0.722. The van der Waals surface area contributed by atoms with Gasteiger partial charge in [0.2, 0.25) is 0 Å². The Kier molecular flexibility index (Phi) is 12.8. The molecule has 0 aromatic rings. The van der Waals surface area contributed by atoms with Crippen molar-refractivity contribution >= 4 is 33.5 Å². The van der Waals surface area contributed by atoms with Crippen molar-refractivity contribution in [2.45, 2.75) is 0 Å². The Morgan fingerprint density at radius 1 is 1.14 bits per heavy atom. The third-order valence-corrected chi connectivity index (χ3v) is 0. The minimum atomic E-state index is -5.17. The van der Waals surface area contributed by atoms with Crippen molar-refractivity contribution in [1.82, 2.24) is 0 Å². The Morgan fingerprint density at radius 2 is 1.14 bits per heavy atom. The summed E-state index contributed by atoms with van der Waals surface area (Å²) in [6.45, 7) is 0. The van der Waals surface area contributed by atoms with Crippen LogP contribution in [0.2, 0.25) is 0 Å². The molecule has 0 aromatic heterocycles. The molecule has 0 rings (SSSR count). The first-order valence-corrected chi connectivity index (χ1v) is 2.00. The van der Waals surface area contributed by atoms with Crippen LogP contribution in [-0.2, 0) is 36.6 Å². The van der Waals surface area contributed by atoms with Crippen molar-refractivity contribution in [1.29, 1.82) is 0 Å². The molecule has 0 saturated heterocycles. The second kappa shape index (κ2) is 5.65. The molecule has 0 saturated carbocycles. The van der Waals surface area contributed by atoms with Crippen LogP contribution in [-0.4, -0.2) is 40.6 Å². The zero-order valence-electron chi connectivity index (χ0n) is 3.25. The molecule has 0 radical (unpaired) electrons. The molecule has 0 fully saturated rings. The second-order valence-electron chi connectivity index (χ2n) is 0.408. The molecule has 0 bridgehead atoms. The molecule has 0 aromatic carbocycles. The number of hydrogen-bond donors (Lipinski definition) is 0. The fourth-order valence-electron chi connectivity index (χ4n) is 0. The summed E-state index contributed by atoms with van der Waals surface area (Å²) in [7, 11) is -5.17. The molecule has 0 atom stereocenters. The summed E-state index contributed by atoms with van der Waals surface area (Å²) in [4.78, 5) is 0. The van der Waals surface area contributed by atoms with E-state index >= 15 is 0 Å². The van der Waals surface area contributed by atoms with Gasteiger partial charge >= 0.3 is 23.1 Å². The predicted octanol–water partition coefficient (Wildman–Crippen LogP) is -1.72. The van der Waals surface area contributed by atoms with Gasteiger partial charge in [0.1, 0.15) is 0 Å². The van der Waals surface area contributed by atoms with Gasteiger partial charge in [-0.2, -0.15) is 0 Å². The first-order chi connectivity index (χ1) is 2.00. The van der Waals surface area contributed by atoms with Crippen LogP contribution in [0.1, 0.15) is 0 Å². The zero-order valence-corrected chi connectivity index (χ0v) is 7.94. The van der Waals surface area contributed by atoms with Gasteiger partial charge in [-0.15, -0.1) is 0 Å². The fraction of sp³-hybridized carbons (Fsp3) is 0. The summed E-state index contributed by atoms with van der Waals surface area (Å²) in [5, 5.41) is 0. The molecule has 0 heterocycles. The van der Waals surface area contributed by atoms with Crippen LogP contribution >= 0.6 is 0 Å². The maximum Gasteiger partial charge on any atom is 2.00 e. The quantitative estimate of drug-likeness (QED) is 0.271. The molecule has 4 nitrogen and oxygen atoms in total. The SMILES string of the molecule is O=S(=O)([O-])[O-].[Mg+2].[Zr]. The van der Waals surface area contributed by atoms with Gasteiger partial charge in [0.15, 0.2) is 0 Å². The molecule has 0 unspecified atom stereocenters. The van der Waals surface area contributed by atoms with E-state index < -0.39 is 10.4 Å². The molecule has 0 aliphatic carbocycles. The van der Waals surface area contributed by atoms with Crippen LogP contribution in [0.5, 0.6) is 0 Å². The Balaban J connectivity index is -0.0000000800. The average molecular weight is 212 g/mol. The standard InChI is InChI=1S/Mg.H2O4S.Zr/c;1-5(2,3)4;/h;(H2,1,2,3,4);/q+2;;/p-2. The summed E-state index contributed by atoms with van der Waals surface area (Å²) < 4.78 is 34.1. The van der Waals surface area contributed by atoms with Crippen molar-refractivity contribution in [2.24, 2.45) is 0 Å².